The van der Waals surface area contributed by atoms with Gasteiger partial charge in [0.2, 0.25) is 5.95 Å². The van der Waals surface area contributed by atoms with E-state index in [9.17, 15) is 20.4 Å². The molecule has 1 fully saturated rings. The lowest BCUT2D eigenvalue weighted by molar-refractivity contribution is 0.239. The molecule has 1 saturated heterocycles. The molecule has 4 N–H and O–H groups in total. The first-order chi connectivity index (χ1) is 15.7. The Morgan fingerprint density at radius 3 is 2.03 bits per heavy atom. The van der Waals surface area contributed by atoms with Crippen molar-refractivity contribution in [3.8, 4) is 0 Å². The largest absolute Gasteiger partial charge is 0.396 e. The van der Waals surface area contributed by atoms with Gasteiger partial charge in [-0.2, -0.15) is 4.98 Å². The van der Waals surface area contributed by atoms with Crippen molar-refractivity contribution in [2.45, 2.75) is 51.4 Å². The zero-order valence-electron chi connectivity index (χ0n) is 18.9. The molecule has 0 radical (unpaired) electrons. The van der Waals surface area contributed by atoms with Crippen LogP contribution in [-0.4, -0.2) is 93.0 Å². The predicted octanol–water partition coefficient (Wildman–Crippen LogP) is 0.612. The van der Waals surface area contributed by atoms with E-state index in [4.69, 9.17) is 19.9 Å². The van der Waals surface area contributed by atoms with Gasteiger partial charge in [-0.15, -0.1) is 0 Å². The molecule has 0 unspecified atom stereocenters. The maximum absolute atomic E-state index is 9.50. The highest BCUT2D eigenvalue weighted by molar-refractivity contribution is 5.88. The molecule has 178 valence electrons. The standard InChI is InChI=1S/C22H36N6O4/c1-2-17-18-19(24-20(23-17)16(6-12-29)7-13-30)21(27-8-4-3-5-9-27)26-22(25-18)28(10-14-31)11-15-32/h16,29-32H,2-15H2,1H3. The number of nitrogens with zero attached hydrogens (tertiary/aromatic N) is 6. The summed E-state index contributed by atoms with van der Waals surface area (Å²) in [4.78, 5) is 23.3. The minimum atomic E-state index is -0.145. The van der Waals surface area contributed by atoms with Crippen molar-refractivity contribution >= 4 is 22.8 Å². The van der Waals surface area contributed by atoms with E-state index in [1.807, 2.05) is 6.92 Å². The number of fused-ring (bicyclic) bond motifs is 1. The normalized spacial score (nSPS) is 14.5. The topological polar surface area (TPSA) is 139 Å². The number of anilines is 2. The predicted molar refractivity (Wildman–Crippen MR) is 123 cm³/mol. The number of aliphatic hydroxyl groups is 4. The van der Waals surface area contributed by atoms with Gasteiger partial charge in [-0.25, -0.2) is 15.0 Å². The van der Waals surface area contributed by atoms with Gasteiger partial charge in [0.05, 0.1) is 18.9 Å². The summed E-state index contributed by atoms with van der Waals surface area (Å²) in [6.45, 7) is 4.27. The second kappa shape index (κ2) is 12.2. The van der Waals surface area contributed by atoms with E-state index >= 15 is 0 Å². The molecule has 32 heavy (non-hydrogen) atoms. The van der Waals surface area contributed by atoms with Gasteiger partial charge in [-0.3, -0.25) is 0 Å². The fraction of sp³-hybridized carbons (Fsp3) is 0.727. The SMILES string of the molecule is CCc1nc(C(CCO)CCO)nc2c(N3CCCCC3)nc(N(CCO)CCO)nc12. The lowest BCUT2D eigenvalue weighted by Gasteiger charge is -2.30. The molecule has 1 aliphatic rings. The summed E-state index contributed by atoms with van der Waals surface area (Å²) in [6.07, 6.45) is 4.94. The van der Waals surface area contributed by atoms with Crippen molar-refractivity contribution < 1.29 is 20.4 Å². The maximum Gasteiger partial charge on any atom is 0.228 e. The molecule has 0 aromatic carbocycles. The zero-order chi connectivity index (χ0) is 22.9. The smallest absolute Gasteiger partial charge is 0.228 e. The summed E-state index contributed by atoms with van der Waals surface area (Å²) in [5, 5.41) is 38.0. The molecule has 2 aromatic heterocycles. The van der Waals surface area contributed by atoms with Crippen LogP contribution >= 0.6 is 0 Å². The van der Waals surface area contributed by atoms with Crippen molar-refractivity contribution in [1.82, 2.24) is 19.9 Å². The van der Waals surface area contributed by atoms with E-state index in [1.165, 1.54) is 6.42 Å². The number of aliphatic hydroxyl groups excluding tert-OH is 4. The molecule has 1 aliphatic heterocycles. The van der Waals surface area contributed by atoms with Gasteiger partial charge in [0.1, 0.15) is 16.9 Å². The van der Waals surface area contributed by atoms with Crippen LogP contribution in [0.2, 0.25) is 0 Å². The van der Waals surface area contributed by atoms with E-state index in [2.05, 4.69) is 4.90 Å². The number of hydrogen-bond donors (Lipinski definition) is 4. The van der Waals surface area contributed by atoms with E-state index in [1.54, 1.807) is 4.90 Å². The van der Waals surface area contributed by atoms with Crippen LogP contribution in [0.25, 0.3) is 11.0 Å². The quantitative estimate of drug-likeness (QED) is 0.365. The highest BCUT2D eigenvalue weighted by Gasteiger charge is 2.24. The van der Waals surface area contributed by atoms with E-state index in [0.717, 1.165) is 37.4 Å². The third-order valence-corrected chi connectivity index (χ3v) is 5.94. The summed E-state index contributed by atoms with van der Waals surface area (Å²) >= 11 is 0. The van der Waals surface area contributed by atoms with Crippen LogP contribution in [0.15, 0.2) is 0 Å². The first-order valence-corrected chi connectivity index (χ1v) is 11.7. The fourth-order valence-corrected chi connectivity index (χ4v) is 4.23. The molecule has 10 heteroatoms. The minimum Gasteiger partial charge on any atom is -0.396 e. The highest BCUT2D eigenvalue weighted by atomic mass is 16.3. The Hall–Kier alpha value is -2.14. The Morgan fingerprint density at radius 1 is 0.812 bits per heavy atom. The van der Waals surface area contributed by atoms with Crippen LogP contribution in [0.4, 0.5) is 11.8 Å². The van der Waals surface area contributed by atoms with Crippen LogP contribution in [0.3, 0.4) is 0 Å². The van der Waals surface area contributed by atoms with E-state index in [0.29, 0.717) is 55.2 Å². The third-order valence-electron chi connectivity index (χ3n) is 5.94. The first-order valence-electron chi connectivity index (χ1n) is 11.7. The van der Waals surface area contributed by atoms with Gasteiger partial charge in [0.25, 0.3) is 0 Å². The second-order valence-corrected chi connectivity index (χ2v) is 8.13. The number of hydrogen-bond acceptors (Lipinski definition) is 10. The highest BCUT2D eigenvalue weighted by Crippen LogP contribution is 2.31. The molecule has 0 amide bonds. The van der Waals surface area contributed by atoms with E-state index in [-0.39, 0.29) is 32.3 Å². The van der Waals surface area contributed by atoms with Gasteiger partial charge >= 0.3 is 0 Å². The summed E-state index contributed by atoms with van der Waals surface area (Å²) < 4.78 is 0. The molecule has 3 rings (SSSR count). The van der Waals surface area contributed by atoms with Gasteiger partial charge in [-0.1, -0.05) is 6.92 Å². The van der Waals surface area contributed by atoms with Crippen molar-refractivity contribution in [3.63, 3.8) is 0 Å². The summed E-state index contributed by atoms with van der Waals surface area (Å²) in [5.41, 5.74) is 2.15. The Bertz CT molecular complexity index is 850. The van der Waals surface area contributed by atoms with Gasteiger partial charge < -0.3 is 30.2 Å². The average molecular weight is 449 g/mol. The van der Waals surface area contributed by atoms with E-state index < -0.39 is 0 Å². The summed E-state index contributed by atoms with van der Waals surface area (Å²) in [6, 6.07) is 0. The van der Waals surface area contributed by atoms with Crippen LogP contribution in [0.1, 0.15) is 56.5 Å². The molecule has 2 aromatic rings. The van der Waals surface area contributed by atoms with Crippen molar-refractivity contribution in [2.75, 3.05) is 62.4 Å². The van der Waals surface area contributed by atoms with Gasteiger partial charge in [0.15, 0.2) is 5.82 Å². The molecule has 0 spiro atoms. The minimum absolute atomic E-state index is 0.000772. The molecule has 0 atom stereocenters. The van der Waals surface area contributed by atoms with Crippen LogP contribution in [0, 0.1) is 0 Å². The maximum atomic E-state index is 9.50. The summed E-state index contributed by atoms with van der Waals surface area (Å²) in [7, 11) is 0. The van der Waals surface area contributed by atoms with Crippen molar-refractivity contribution in [2.24, 2.45) is 0 Å². The average Bonchev–Trinajstić information content (AvgIpc) is 2.83. The Morgan fingerprint density at radius 2 is 1.47 bits per heavy atom. The first kappa shape index (κ1) is 24.5. The molecular weight excluding hydrogens is 412 g/mol. The lowest BCUT2D eigenvalue weighted by atomic mass is 10.0. The molecule has 0 saturated carbocycles. The van der Waals surface area contributed by atoms with Crippen molar-refractivity contribution in [1.29, 1.82) is 0 Å². The van der Waals surface area contributed by atoms with Crippen LogP contribution in [-0.2, 0) is 6.42 Å². The third kappa shape index (κ3) is 5.61. The number of piperidine rings is 1. The Balaban J connectivity index is 2.20. The van der Waals surface area contributed by atoms with Gasteiger partial charge in [0, 0.05) is 45.3 Å². The molecule has 3 heterocycles. The number of rotatable bonds is 12. The molecular formula is C22H36N6O4. The monoisotopic (exact) mass is 448 g/mol. The Kier molecular flexibility index (Phi) is 9.34. The zero-order valence-corrected chi connectivity index (χ0v) is 18.9. The Labute approximate surface area is 189 Å². The van der Waals surface area contributed by atoms with Gasteiger partial charge in [-0.05, 0) is 38.5 Å². The lowest BCUT2D eigenvalue weighted by Crippen LogP contribution is -2.34. The van der Waals surface area contributed by atoms with Crippen molar-refractivity contribution in [3.05, 3.63) is 11.5 Å². The number of aromatic nitrogens is 4. The molecule has 10 nitrogen and oxygen atoms in total. The molecule has 0 bridgehead atoms. The number of aryl methyl sites for hydroxylation is 1. The second-order valence-electron chi connectivity index (χ2n) is 8.13. The van der Waals surface area contributed by atoms with Crippen LogP contribution in [0.5, 0.6) is 0 Å². The molecule has 0 aliphatic carbocycles. The fourth-order valence-electron chi connectivity index (χ4n) is 4.23. The van der Waals surface area contributed by atoms with Crippen LogP contribution < -0.4 is 9.80 Å². The summed E-state index contributed by atoms with van der Waals surface area (Å²) in [5.74, 6) is 1.66.